The molecule has 17 heavy (non-hydrogen) atoms. The number of aryl methyl sites for hydroxylation is 1. The second-order valence-electron chi connectivity index (χ2n) is 5.26. The standard InChI is InChI=1S/C13H17BrN2O/c1-8-5-10(14)12-11(6-8)15-13(3,4)7-16(12)9(2)17/h5-6,15H,7H2,1-4H3. The van der Waals surface area contributed by atoms with Gasteiger partial charge in [-0.3, -0.25) is 4.79 Å². The number of hydrogen-bond donors (Lipinski definition) is 1. The number of anilines is 2. The molecule has 1 aromatic rings. The summed E-state index contributed by atoms with van der Waals surface area (Å²) in [6.07, 6.45) is 0. The van der Waals surface area contributed by atoms with Crippen LogP contribution < -0.4 is 10.2 Å². The van der Waals surface area contributed by atoms with Crippen LogP contribution in [-0.4, -0.2) is 18.0 Å². The number of halogens is 1. The maximum Gasteiger partial charge on any atom is 0.224 e. The zero-order valence-corrected chi connectivity index (χ0v) is 12.2. The average Bonchev–Trinajstić information content (AvgIpc) is 2.12. The second kappa shape index (κ2) is 4.02. The number of hydrogen-bond acceptors (Lipinski definition) is 2. The summed E-state index contributed by atoms with van der Waals surface area (Å²) in [6.45, 7) is 8.53. The van der Waals surface area contributed by atoms with Crippen molar-refractivity contribution in [1.29, 1.82) is 0 Å². The lowest BCUT2D eigenvalue weighted by atomic mass is 9.98. The number of rotatable bonds is 0. The second-order valence-corrected chi connectivity index (χ2v) is 6.11. The number of fused-ring (bicyclic) bond motifs is 1. The normalized spacial score (nSPS) is 17.4. The van der Waals surface area contributed by atoms with Gasteiger partial charge in [0, 0.05) is 23.5 Å². The first kappa shape index (κ1) is 12.4. The molecule has 0 spiro atoms. The number of amides is 1. The molecule has 1 aromatic carbocycles. The van der Waals surface area contributed by atoms with Crippen LogP contribution >= 0.6 is 15.9 Å². The fourth-order valence-electron chi connectivity index (χ4n) is 2.25. The van der Waals surface area contributed by atoms with Crippen LogP contribution in [0.1, 0.15) is 26.3 Å². The lowest BCUT2D eigenvalue weighted by molar-refractivity contribution is -0.116. The van der Waals surface area contributed by atoms with E-state index < -0.39 is 0 Å². The van der Waals surface area contributed by atoms with Crippen molar-refractivity contribution >= 4 is 33.2 Å². The molecule has 1 aliphatic heterocycles. The summed E-state index contributed by atoms with van der Waals surface area (Å²) in [5.41, 5.74) is 3.03. The summed E-state index contributed by atoms with van der Waals surface area (Å²) in [7, 11) is 0. The van der Waals surface area contributed by atoms with E-state index in [0.717, 1.165) is 15.8 Å². The minimum absolute atomic E-state index is 0.0744. The van der Waals surface area contributed by atoms with Gasteiger partial charge in [0.05, 0.1) is 11.4 Å². The summed E-state index contributed by atoms with van der Waals surface area (Å²) in [6, 6.07) is 4.12. The zero-order chi connectivity index (χ0) is 12.8. The van der Waals surface area contributed by atoms with Crippen LogP contribution in [0.4, 0.5) is 11.4 Å². The molecule has 0 saturated heterocycles. The van der Waals surface area contributed by atoms with E-state index >= 15 is 0 Å². The number of carbonyl (C=O) groups is 1. The van der Waals surface area contributed by atoms with Crippen LogP contribution in [0, 0.1) is 6.92 Å². The molecule has 1 N–H and O–H groups in total. The highest BCUT2D eigenvalue weighted by Crippen LogP contribution is 2.40. The Morgan fingerprint density at radius 2 is 2.12 bits per heavy atom. The molecule has 0 radical (unpaired) electrons. The SMILES string of the molecule is CC(=O)N1CC(C)(C)Nc2cc(C)cc(Br)c21. The van der Waals surface area contributed by atoms with Crippen LogP contribution in [0.25, 0.3) is 0 Å². The van der Waals surface area contributed by atoms with Gasteiger partial charge in [-0.25, -0.2) is 0 Å². The van der Waals surface area contributed by atoms with Crippen LogP contribution in [0.2, 0.25) is 0 Å². The minimum Gasteiger partial charge on any atom is -0.377 e. The molecule has 0 aliphatic carbocycles. The van der Waals surface area contributed by atoms with Crippen molar-refractivity contribution < 1.29 is 4.79 Å². The molecule has 0 bridgehead atoms. The van der Waals surface area contributed by atoms with E-state index in [-0.39, 0.29) is 11.4 Å². The van der Waals surface area contributed by atoms with E-state index in [0.29, 0.717) is 6.54 Å². The molecule has 4 heteroatoms. The molecule has 0 fully saturated rings. The molecule has 92 valence electrons. The molecule has 0 aromatic heterocycles. The molecule has 0 atom stereocenters. The number of benzene rings is 1. The Bertz CT molecular complexity index is 483. The highest BCUT2D eigenvalue weighted by atomic mass is 79.9. The fraction of sp³-hybridized carbons (Fsp3) is 0.462. The molecule has 3 nitrogen and oxygen atoms in total. The Balaban J connectivity index is 2.60. The van der Waals surface area contributed by atoms with Gasteiger partial charge in [0.1, 0.15) is 0 Å². The number of nitrogens with one attached hydrogen (secondary N) is 1. The first-order valence-electron chi connectivity index (χ1n) is 5.66. The topological polar surface area (TPSA) is 32.3 Å². The summed E-state index contributed by atoms with van der Waals surface area (Å²) >= 11 is 3.55. The largest absolute Gasteiger partial charge is 0.377 e. The number of nitrogens with zero attached hydrogens (tertiary/aromatic N) is 1. The van der Waals surface area contributed by atoms with Crippen molar-refractivity contribution in [3.8, 4) is 0 Å². The number of carbonyl (C=O) groups excluding carboxylic acids is 1. The molecule has 1 heterocycles. The van der Waals surface area contributed by atoms with Crippen molar-refractivity contribution in [1.82, 2.24) is 0 Å². The Morgan fingerprint density at radius 1 is 1.47 bits per heavy atom. The van der Waals surface area contributed by atoms with Crippen molar-refractivity contribution in [3.63, 3.8) is 0 Å². The van der Waals surface area contributed by atoms with E-state index in [2.05, 4.69) is 41.2 Å². The van der Waals surface area contributed by atoms with Crippen molar-refractivity contribution in [2.45, 2.75) is 33.2 Å². The van der Waals surface area contributed by atoms with Crippen LogP contribution in [-0.2, 0) is 4.79 Å². The predicted octanol–water partition coefficient (Wildman–Crippen LogP) is 3.31. The third-order valence-electron chi connectivity index (χ3n) is 2.88. The van der Waals surface area contributed by atoms with Crippen molar-refractivity contribution in [3.05, 3.63) is 22.2 Å². The molecule has 2 rings (SSSR count). The fourth-order valence-corrected chi connectivity index (χ4v) is 3.04. The van der Waals surface area contributed by atoms with Crippen LogP contribution in [0.15, 0.2) is 16.6 Å². The lowest BCUT2D eigenvalue weighted by Gasteiger charge is -2.41. The summed E-state index contributed by atoms with van der Waals surface area (Å²) in [5, 5.41) is 3.48. The minimum atomic E-state index is -0.105. The maximum absolute atomic E-state index is 11.8. The lowest BCUT2D eigenvalue weighted by Crippen LogP contribution is -2.50. The van der Waals surface area contributed by atoms with Gasteiger partial charge in [0.15, 0.2) is 0 Å². The highest BCUT2D eigenvalue weighted by molar-refractivity contribution is 9.10. The predicted molar refractivity (Wildman–Crippen MR) is 74.6 cm³/mol. The van der Waals surface area contributed by atoms with Gasteiger partial charge < -0.3 is 10.2 Å². The van der Waals surface area contributed by atoms with Gasteiger partial charge in [0.2, 0.25) is 5.91 Å². The third kappa shape index (κ3) is 2.32. The zero-order valence-electron chi connectivity index (χ0n) is 10.6. The van der Waals surface area contributed by atoms with Gasteiger partial charge in [-0.05, 0) is 54.4 Å². The van der Waals surface area contributed by atoms with Gasteiger partial charge in [-0.2, -0.15) is 0 Å². The van der Waals surface area contributed by atoms with Gasteiger partial charge in [-0.15, -0.1) is 0 Å². The monoisotopic (exact) mass is 296 g/mol. The smallest absolute Gasteiger partial charge is 0.224 e. The molecular formula is C13H17BrN2O. The summed E-state index contributed by atoms with van der Waals surface area (Å²) in [4.78, 5) is 13.6. The van der Waals surface area contributed by atoms with E-state index in [1.54, 1.807) is 6.92 Å². The molecular weight excluding hydrogens is 280 g/mol. The maximum atomic E-state index is 11.8. The Kier molecular flexibility index (Phi) is 2.94. The van der Waals surface area contributed by atoms with Gasteiger partial charge in [0.25, 0.3) is 0 Å². The van der Waals surface area contributed by atoms with Gasteiger partial charge >= 0.3 is 0 Å². The Morgan fingerprint density at radius 3 is 2.71 bits per heavy atom. The first-order valence-corrected chi connectivity index (χ1v) is 6.46. The molecule has 1 aliphatic rings. The Hall–Kier alpha value is -1.03. The van der Waals surface area contributed by atoms with E-state index in [9.17, 15) is 4.79 Å². The summed E-state index contributed by atoms with van der Waals surface area (Å²) < 4.78 is 0.964. The van der Waals surface area contributed by atoms with E-state index in [1.165, 1.54) is 5.56 Å². The quantitative estimate of drug-likeness (QED) is 0.796. The Labute approximate surface area is 110 Å². The van der Waals surface area contributed by atoms with E-state index in [4.69, 9.17) is 0 Å². The van der Waals surface area contributed by atoms with Crippen LogP contribution in [0.3, 0.4) is 0 Å². The van der Waals surface area contributed by atoms with Crippen LogP contribution in [0.5, 0.6) is 0 Å². The van der Waals surface area contributed by atoms with E-state index in [1.807, 2.05) is 17.9 Å². The van der Waals surface area contributed by atoms with Crippen molar-refractivity contribution in [2.24, 2.45) is 0 Å². The highest BCUT2D eigenvalue weighted by Gasteiger charge is 2.32. The average molecular weight is 297 g/mol. The van der Waals surface area contributed by atoms with Crippen molar-refractivity contribution in [2.75, 3.05) is 16.8 Å². The molecule has 0 unspecified atom stereocenters. The third-order valence-corrected chi connectivity index (χ3v) is 3.49. The molecule has 1 amide bonds. The van der Waals surface area contributed by atoms with Gasteiger partial charge in [-0.1, -0.05) is 0 Å². The molecule has 0 saturated carbocycles. The summed E-state index contributed by atoms with van der Waals surface area (Å²) in [5.74, 6) is 0.0744. The first-order chi connectivity index (χ1) is 7.80.